The van der Waals surface area contributed by atoms with Crippen LogP contribution in [0.15, 0.2) is 53.4 Å². The van der Waals surface area contributed by atoms with Gasteiger partial charge in [-0.05, 0) is 43.3 Å². The molecule has 1 aliphatic rings. The maximum Gasteiger partial charge on any atom is 0.269 e. The van der Waals surface area contributed by atoms with Gasteiger partial charge < -0.3 is 10.2 Å². The van der Waals surface area contributed by atoms with E-state index in [1.807, 2.05) is 6.07 Å². The van der Waals surface area contributed by atoms with Gasteiger partial charge in [0.2, 0.25) is 11.8 Å². The van der Waals surface area contributed by atoms with E-state index in [-0.39, 0.29) is 17.5 Å². The molecule has 2 atom stereocenters. The van der Waals surface area contributed by atoms with Crippen LogP contribution in [0.25, 0.3) is 0 Å². The second kappa shape index (κ2) is 9.65. The van der Waals surface area contributed by atoms with Gasteiger partial charge >= 0.3 is 0 Å². The van der Waals surface area contributed by atoms with E-state index in [1.54, 1.807) is 48.2 Å². The van der Waals surface area contributed by atoms with Crippen LogP contribution in [0.2, 0.25) is 0 Å². The van der Waals surface area contributed by atoms with Gasteiger partial charge in [-0.15, -0.1) is 23.5 Å². The maximum absolute atomic E-state index is 12.9. The molecule has 2 aromatic rings. The SMILES string of the molecule is CC(Sc1ccc([N+](=O)[O-])cc1)C(=O)N1CSCC1C(=O)Nc1ccc(C#N)cc1. The van der Waals surface area contributed by atoms with E-state index < -0.39 is 16.2 Å². The van der Waals surface area contributed by atoms with Crippen molar-refractivity contribution in [2.45, 2.75) is 23.1 Å². The minimum absolute atomic E-state index is 0.00573. The first-order chi connectivity index (χ1) is 14.4. The van der Waals surface area contributed by atoms with Gasteiger partial charge in [0.1, 0.15) is 6.04 Å². The fourth-order valence-corrected chi connectivity index (χ4v) is 4.97. The lowest BCUT2D eigenvalue weighted by Crippen LogP contribution is -2.47. The number of nitro benzene ring substituents is 1. The lowest BCUT2D eigenvalue weighted by atomic mass is 10.2. The number of rotatable bonds is 6. The highest BCUT2D eigenvalue weighted by Gasteiger charge is 2.36. The number of nitrogens with zero attached hydrogens (tertiary/aromatic N) is 3. The van der Waals surface area contributed by atoms with Gasteiger partial charge in [0.05, 0.1) is 27.7 Å². The third-order valence-corrected chi connectivity index (χ3v) is 6.57. The highest BCUT2D eigenvalue weighted by Crippen LogP contribution is 2.30. The minimum Gasteiger partial charge on any atom is -0.324 e. The topological polar surface area (TPSA) is 116 Å². The number of non-ortho nitro benzene ring substituents is 1. The predicted molar refractivity (Wildman–Crippen MR) is 116 cm³/mol. The molecule has 3 rings (SSSR count). The number of hydrogen-bond donors (Lipinski definition) is 1. The van der Waals surface area contributed by atoms with Crippen LogP contribution in [0, 0.1) is 21.4 Å². The molecule has 1 heterocycles. The van der Waals surface area contributed by atoms with Gasteiger partial charge in [0.25, 0.3) is 5.69 Å². The molecule has 0 saturated carbocycles. The molecule has 0 bridgehead atoms. The second-order valence-electron chi connectivity index (χ2n) is 6.51. The number of carbonyl (C=O) groups is 2. The Hall–Kier alpha value is -3.03. The number of thioether (sulfide) groups is 2. The van der Waals surface area contributed by atoms with Crippen LogP contribution in [0.5, 0.6) is 0 Å². The van der Waals surface area contributed by atoms with E-state index in [2.05, 4.69) is 5.32 Å². The van der Waals surface area contributed by atoms with Crippen LogP contribution >= 0.6 is 23.5 Å². The Morgan fingerprint density at radius 1 is 1.27 bits per heavy atom. The minimum atomic E-state index is -0.585. The molecule has 1 saturated heterocycles. The first-order valence-corrected chi connectivity index (χ1v) is 11.0. The van der Waals surface area contributed by atoms with Crippen molar-refractivity contribution in [2.24, 2.45) is 0 Å². The Balaban J connectivity index is 1.63. The van der Waals surface area contributed by atoms with Crippen LogP contribution in [-0.2, 0) is 9.59 Å². The van der Waals surface area contributed by atoms with Gasteiger partial charge in [0, 0.05) is 28.5 Å². The number of amides is 2. The van der Waals surface area contributed by atoms with Crippen molar-refractivity contribution in [1.29, 1.82) is 5.26 Å². The number of benzene rings is 2. The fraction of sp³-hybridized carbons (Fsp3) is 0.250. The van der Waals surface area contributed by atoms with Crippen molar-refractivity contribution >= 4 is 46.7 Å². The Morgan fingerprint density at radius 2 is 1.93 bits per heavy atom. The first kappa shape index (κ1) is 21.7. The van der Waals surface area contributed by atoms with E-state index in [9.17, 15) is 19.7 Å². The van der Waals surface area contributed by atoms with Crippen LogP contribution in [-0.4, -0.2) is 44.6 Å². The number of nitrogens with one attached hydrogen (secondary N) is 1. The Bertz CT molecular complexity index is 989. The molecule has 2 aromatic carbocycles. The van der Waals surface area contributed by atoms with Crippen LogP contribution in [0.4, 0.5) is 11.4 Å². The summed E-state index contributed by atoms with van der Waals surface area (Å²) in [6, 6.07) is 14.0. The highest BCUT2D eigenvalue weighted by molar-refractivity contribution is 8.00. The van der Waals surface area contributed by atoms with Crippen LogP contribution in [0.3, 0.4) is 0 Å². The van der Waals surface area contributed by atoms with Gasteiger partial charge in [0.15, 0.2) is 0 Å². The van der Waals surface area contributed by atoms with Crippen molar-refractivity contribution in [3.63, 3.8) is 0 Å². The van der Waals surface area contributed by atoms with Crippen molar-refractivity contribution in [2.75, 3.05) is 16.9 Å². The van der Waals surface area contributed by atoms with Crippen molar-refractivity contribution < 1.29 is 14.5 Å². The Kier molecular flexibility index (Phi) is 6.97. The highest BCUT2D eigenvalue weighted by atomic mass is 32.2. The normalized spacial score (nSPS) is 16.5. The summed E-state index contributed by atoms with van der Waals surface area (Å²) in [5.74, 6) is 0.493. The molecule has 1 aliphatic heterocycles. The van der Waals surface area contributed by atoms with Gasteiger partial charge in [-0.25, -0.2) is 0 Å². The number of nitro groups is 1. The van der Waals surface area contributed by atoms with E-state index >= 15 is 0 Å². The summed E-state index contributed by atoms with van der Waals surface area (Å²) in [5.41, 5.74) is 1.06. The summed E-state index contributed by atoms with van der Waals surface area (Å²) in [6.07, 6.45) is 0. The number of carbonyl (C=O) groups excluding carboxylic acids is 2. The summed E-state index contributed by atoms with van der Waals surface area (Å²) in [4.78, 5) is 38.3. The molecule has 1 N–H and O–H groups in total. The zero-order valence-corrected chi connectivity index (χ0v) is 17.6. The van der Waals surface area contributed by atoms with Gasteiger partial charge in [-0.3, -0.25) is 19.7 Å². The van der Waals surface area contributed by atoms with Crippen molar-refractivity contribution in [3.05, 3.63) is 64.2 Å². The molecular formula is C20H18N4O4S2. The number of hydrogen-bond acceptors (Lipinski definition) is 7. The lowest BCUT2D eigenvalue weighted by molar-refractivity contribution is -0.384. The van der Waals surface area contributed by atoms with Crippen molar-refractivity contribution in [3.8, 4) is 6.07 Å². The maximum atomic E-state index is 12.9. The predicted octanol–water partition coefficient (Wildman–Crippen LogP) is 3.49. The smallest absolute Gasteiger partial charge is 0.269 e. The standard InChI is InChI=1S/C20H18N4O4S2/c1-13(30-17-8-6-16(7-9-17)24(27)28)20(26)23-12-29-11-18(23)19(25)22-15-4-2-14(10-21)3-5-15/h2-9,13,18H,11-12H2,1H3,(H,22,25). The molecule has 10 heteroatoms. The van der Waals surface area contributed by atoms with Gasteiger partial charge in [-0.1, -0.05) is 0 Å². The molecule has 2 unspecified atom stereocenters. The first-order valence-electron chi connectivity index (χ1n) is 8.99. The average molecular weight is 443 g/mol. The zero-order valence-electron chi connectivity index (χ0n) is 16.0. The molecule has 0 aromatic heterocycles. The molecule has 2 amide bonds. The van der Waals surface area contributed by atoms with Gasteiger partial charge in [-0.2, -0.15) is 5.26 Å². The largest absolute Gasteiger partial charge is 0.324 e. The second-order valence-corrected chi connectivity index (χ2v) is 8.93. The molecule has 8 nitrogen and oxygen atoms in total. The molecule has 30 heavy (non-hydrogen) atoms. The summed E-state index contributed by atoms with van der Waals surface area (Å²) in [6.45, 7) is 1.76. The Morgan fingerprint density at radius 3 is 2.53 bits per heavy atom. The Labute approximate surface area is 181 Å². The third-order valence-electron chi connectivity index (χ3n) is 4.46. The third kappa shape index (κ3) is 5.11. The molecule has 1 fully saturated rings. The summed E-state index contributed by atoms with van der Waals surface area (Å²) in [5, 5.41) is 22.0. The zero-order chi connectivity index (χ0) is 21.7. The average Bonchev–Trinajstić information content (AvgIpc) is 3.24. The van der Waals surface area contributed by atoms with E-state index in [0.717, 1.165) is 4.90 Å². The van der Waals surface area contributed by atoms with Crippen LogP contribution < -0.4 is 5.32 Å². The lowest BCUT2D eigenvalue weighted by Gasteiger charge is -2.25. The molecule has 0 aliphatic carbocycles. The summed E-state index contributed by atoms with van der Waals surface area (Å²) >= 11 is 2.80. The summed E-state index contributed by atoms with van der Waals surface area (Å²) in [7, 11) is 0. The number of anilines is 1. The fourth-order valence-electron chi connectivity index (χ4n) is 2.87. The van der Waals surface area contributed by atoms with E-state index in [4.69, 9.17) is 5.26 Å². The summed E-state index contributed by atoms with van der Waals surface area (Å²) < 4.78 is 0. The number of nitriles is 1. The molecule has 0 spiro atoms. The monoisotopic (exact) mass is 442 g/mol. The molecular weight excluding hydrogens is 424 g/mol. The van der Waals surface area contributed by atoms with Crippen LogP contribution in [0.1, 0.15) is 12.5 Å². The van der Waals surface area contributed by atoms with E-state index in [1.165, 1.54) is 35.7 Å². The van der Waals surface area contributed by atoms with Crippen molar-refractivity contribution in [1.82, 2.24) is 4.90 Å². The van der Waals surface area contributed by atoms with E-state index in [0.29, 0.717) is 22.9 Å². The molecule has 0 radical (unpaired) electrons. The quantitative estimate of drug-likeness (QED) is 0.413. The molecule has 154 valence electrons.